The Morgan fingerprint density at radius 1 is 1.48 bits per heavy atom. The van der Waals surface area contributed by atoms with Crippen LogP contribution in [-0.2, 0) is 4.79 Å². The number of nitro benzene ring substituents is 1. The third-order valence-corrected chi connectivity index (χ3v) is 4.68. The van der Waals surface area contributed by atoms with E-state index in [4.69, 9.17) is 0 Å². The monoisotopic (exact) mass is 289 g/mol. The average molecular weight is 289 g/mol. The van der Waals surface area contributed by atoms with Crippen LogP contribution in [0.15, 0.2) is 24.3 Å². The van der Waals surface area contributed by atoms with Gasteiger partial charge in [-0.2, -0.15) is 0 Å². The Morgan fingerprint density at radius 3 is 3.05 bits per heavy atom. The third kappa shape index (κ3) is 2.51. The maximum Gasteiger partial charge on any atom is 0.269 e. The Labute approximate surface area is 123 Å². The topological polar surface area (TPSA) is 75.5 Å². The number of benzene rings is 1. The van der Waals surface area contributed by atoms with Gasteiger partial charge in [-0.05, 0) is 24.8 Å². The molecule has 1 N–H and O–H groups in total. The standard InChI is InChI=1S/C15H19N3O3/c1-10(11-3-2-4-13(7-11)18(20)21)15(19)17-6-5-12-8-16-9-14(12)17/h2-4,7,10,12,14,16H,5-6,8-9H2,1H3/t10?,12-,14+/m0/s1. The van der Waals surface area contributed by atoms with Gasteiger partial charge < -0.3 is 10.2 Å². The lowest BCUT2D eigenvalue weighted by atomic mass is 9.98. The molecule has 2 aliphatic rings. The number of carbonyl (C=O) groups is 1. The van der Waals surface area contributed by atoms with Crippen molar-refractivity contribution < 1.29 is 9.72 Å². The predicted octanol–water partition coefficient (Wildman–Crippen LogP) is 1.52. The quantitative estimate of drug-likeness (QED) is 0.676. The van der Waals surface area contributed by atoms with Crippen LogP contribution in [-0.4, -0.2) is 41.4 Å². The fourth-order valence-corrected chi connectivity index (χ4v) is 3.42. The lowest BCUT2D eigenvalue weighted by Gasteiger charge is -2.26. The minimum Gasteiger partial charge on any atom is -0.338 e. The minimum absolute atomic E-state index is 0.0361. The highest BCUT2D eigenvalue weighted by molar-refractivity contribution is 5.84. The molecule has 0 aliphatic carbocycles. The van der Waals surface area contributed by atoms with E-state index in [9.17, 15) is 14.9 Å². The van der Waals surface area contributed by atoms with E-state index >= 15 is 0 Å². The Hall–Kier alpha value is -1.95. The van der Waals surface area contributed by atoms with Gasteiger partial charge in [0, 0.05) is 37.8 Å². The second-order valence-corrected chi connectivity index (χ2v) is 5.88. The molecule has 0 saturated carbocycles. The summed E-state index contributed by atoms with van der Waals surface area (Å²) < 4.78 is 0. The highest BCUT2D eigenvalue weighted by Gasteiger charge is 2.41. The van der Waals surface area contributed by atoms with Gasteiger partial charge in [0.15, 0.2) is 0 Å². The van der Waals surface area contributed by atoms with Crippen molar-refractivity contribution in [2.75, 3.05) is 19.6 Å². The van der Waals surface area contributed by atoms with Crippen LogP contribution in [0.25, 0.3) is 0 Å². The van der Waals surface area contributed by atoms with Gasteiger partial charge in [-0.15, -0.1) is 0 Å². The second kappa shape index (κ2) is 5.44. The van der Waals surface area contributed by atoms with Crippen LogP contribution in [0.5, 0.6) is 0 Å². The summed E-state index contributed by atoms with van der Waals surface area (Å²) in [5, 5.41) is 14.2. The number of hydrogen-bond donors (Lipinski definition) is 1. The zero-order chi connectivity index (χ0) is 15.0. The van der Waals surface area contributed by atoms with Crippen molar-refractivity contribution in [3.63, 3.8) is 0 Å². The van der Waals surface area contributed by atoms with E-state index in [2.05, 4.69) is 5.32 Å². The Kier molecular flexibility index (Phi) is 3.63. The molecule has 2 heterocycles. The van der Waals surface area contributed by atoms with Crippen molar-refractivity contribution in [3.8, 4) is 0 Å². The lowest BCUT2D eigenvalue weighted by Crippen LogP contribution is -2.41. The molecule has 0 bridgehead atoms. The molecule has 1 amide bonds. The average Bonchev–Trinajstić information content (AvgIpc) is 3.08. The fourth-order valence-electron chi connectivity index (χ4n) is 3.42. The largest absolute Gasteiger partial charge is 0.338 e. The summed E-state index contributed by atoms with van der Waals surface area (Å²) in [6.45, 7) is 4.48. The van der Waals surface area contributed by atoms with E-state index < -0.39 is 4.92 Å². The van der Waals surface area contributed by atoms with Gasteiger partial charge in [0.2, 0.25) is 5.91 Å². The maximum absolute atomic E-state index is 12.7. The van der Waals surface area contributed by atoms with Gasteiger partial charge in [0.05, 0.1) is 10.8 Å². The molecule has 0 aromatic heterocycles. The molecule has 0 spiro atoms. The van der Waals surface area contributed by atoms with Crippen molar-refractivity contribution in [1.82, 2.24) is 10.2 Å². The summed E-state index contributed by atoms with van der Waals surface area (Å²) in [5.41, 5.74) is 0.748. The molecular formula is C15H19N3O3. The number of amides is 1. The van der Waals surface area contributed by atoms with E-state index in [1.807, 2.05) is 11.8 Å². The van der Waals surface area contributed by atoms with Crippen LogP contribution in [0, 0.1) is 16.0 Å². The molecule has 6 heteroatoms. The molecule has 3 atom stereocenters. The van der Waals surface area contributed by atoms with Gasteiger partial charge in [0.1, 0.15) is 0 Å². The molecule has 2 aliphatic heterocycles. The number of nitro groups is 1. The fraction of sp³-hybridized carbons (Fsp3) is 0.533. The van der Waals surface area contributed by atoms with Crippen molar-refractivity contribution in [1.29, 1.82) is 0 Å². The first-order chi connectivity index (χ1) is 10.1. The zero-order valence-corrected chi connectivity index (χ0v) is 12.0. The molecule has 1 unspecified atom stereocenters. The first kappa shape index (κ1) is 14.0. The number of likely N-dealkylation sites (tertiary alicyclic amines) is 1. The summed E-state index contributed by atoms with van der Waals surface area (Å²) in [5.74, 6) is 0.294. The van der Waals surface area contributed by atoms with Gasteiger partial charge >= 0.3 is 0 Å². The third-order valence-electron chi connectivity index (χ3n) is 4.68. The van der Waals surface area contributed by atoms with Crippen LogP contribution in [0.4, 0.5) is 5.69 Å². The summed E-state index contributed by atoms with van der Waals surface area (Å²) in [6.07, 6.45) is 1.05. The number of hydrogen-bond acceptors (Lipinski definition) is 4. The van der Waals surface area contributed by atoms with Crippen LogP contribution in [0.3, 0.4) is 0 Å². The molecule has 3 rings (SSSR count). The van der Waals surface area contributed by atoms with Gasteiger partial charge in [-0.1, -0.05) is 12.1 Å². The first-order valence-corrected chi connectivity index (χ1v) is 7.33. The summed E-state index contributed by atoms with van der Waals surface area (Å²) in [7, 11) is 0. The molecule has 2 fully saturated rings. The molecule has 0 radical (unpaired) electrons. The molecule has 112 valence electrons. The number of nitrogens with one attached hydrogen (secondary N) is 1. The summed E-state index contributed by atoms with van der Waals surface area (Å²) in [6, 6.07) is 6.67. The SMILES string of the molecule is CC(C(=O)N1CC[C@H]2CNC[C@H]21)c1cccc([N+](=O)[O-])c1. The minimum atomic E-state index is -0.423. The molecule has 2 saturated heterocycles. The summed E-state index contributed by atoms with van der Waals surface area (Å²) in [4.78, 5) is 25.1. The molecule has 6 nitrogen and oxygen atoms in total. The Morgan fingerprint density at radius 2 is 2.29 bits per heavy atom. The lowest BCUT2D eigenvalue weighted by molar-refractivity contribution is -0.384. The maximum atomic E-state index is 12.7. The van der Waals surface area contributed by atoms with Crippen LogP contribution >= 0.6 is 0 Å². The second-order valence-electron chi connectivity index (χ2n) is 5.88. The van der Waals surface area contributed by atoms with E-state index in [1.165, 1.54) is 12.1 Å². The molecule has 21 heavy (non-hydrogen) atoms. The van der Waals surface area contributed by atoms with Crippen molar-refractivity contribution in [2.45, 2.75) is 25.3 Å². The number of fused-ring (bicyclic) bond motifs is 1. The van der Waals surface area contributed by atoms with Crippen LogP contribution in [0.2, 0.25) is 0 Å². The number of carbonyl (C=O) groups excluding carboxylic acids is 1. The smallest absolute Gasteiger partial charge is 0.269 e. The predicted molar refractivity (Wildman–Crippen MR) is 78.0 cm³/mol. The van der Waals surface area contributed by atoms with E-state index in [0.717, 1.165) is 26.1 Å². The van der Waals surface area contributed by atoms with Crippen LogP contribution < -0.4 is 5.32 Å². The Bertz CT molecular complexity index is 575. The van der Waals surface area contributed by atoms with Crippen molar-refractivity contribution >= 4 is 11.6 Å². The Balaban J connectivity index is 1.78. The first-order valence-electron chi connectivity index (χ1n) is 7.33. The van der Waals surface area contributed by atoms with Crippen molar-refractivity contribution in [3.05, 3.63) is 39.9 Å². The highest BCUT2D eigenvalue weighted by atomic mass is 16.6. The van der Waals surface area contributed by atoms with E-state index in [1.54, 1.807) is 12.1 Å². The van der Waals surface area contributed by atoms with Gasteiger partial charge in [-0.25, -0.2) is 0 Å². The zero-order valence-electron chi connectivity index (χ0n) is 12.0. The number of nitrogens with zero attached hydrogens (tertiary/aromatic N) is 2. The van der Waals surface area contributed by atoms with E-state index in [0.29, 0.717) is 17.5 Å². The summed E-state index contributed by atoms with van der Waals surface area (Å²) >= 11 is 0. The van der Waals surface area contributed by atoms with Crippen LogP contribution in [0.1, 0.15) is 24.8 Å². The molecular weight excluding hydrogens is 270 g/mol. The van der Waals surface area contributed by atoms with Gasteiger partial charge in [-0.3, -0.25) is 14.9 Å². The van der Waals surface area contributed by atoms with Gasteiger partial charge in [0.25, 0.3) is 5.69 Å². The molecule has 1 aromatic carbocycles. The van der Waals surface area contributed by atoms with E-state index in [-0.39, 0.29) is 17.5 Å². The molecule has 1 aromatic rings. The number of non-ortho nitro benzene ring substituents is 1. The highest BCUT2D eigenvalue weighted by Crippen LogP contribution is 2.31. The normalized spacial score (nSPS) is 25.7. The van der Waals surface area contributed by atoms with Crippen molar-refractivity contribution in [2.24, 2.45) is 5.92 Å². The number of rotatable bonds is 3.